The molecule has 2 N–H and O–H groups in total. The molecule has 1 radical (unpaired) electrons. The normalized spacial score (nSPS) is 20.1. The monoisotopic (exact) mass is 402 g/mol. The van der Waals surface area contributed by atoms with Gasteiger partial charge in [-0.25, -0.2) is 4.79 Å². The van der Waals surface area contributed by atoms with Gasteiger partial charge in [-0.15, -0.1) is 0 Å². The van der Waals surface area contributed by atoms with E-state index in [1.54, 1.807) is 0 Å². The molecule has 5 nitrogen and oxygen atoms in total. The summed E-state index contributed by atoms with van der Waals surface area (Å²) < 4.78 is 5.55. The first-order valence-corrected chi connectivity index (χ1v) is 9.95. The van der Waals surface area contributed by atoms with Crippen LogP contribution in [0.5, 0.6) is 0 Å². The van der Waals surface area contributed by atoms with E-state index in [1.165, 1.54) is 22.3 Å². The molecule has 2 aromatic rings. The fraction of sp³-hybridized carbons (Fsp3) is 0.391. The zero-order valence-electron chi connectivity index (χ0n) is 16.8. The minimum absolute atomic E-state index is 0. The predicted octanol–water partition coefficient (Wildman–Crippen LogP) is 4.04. The van der Waals surface area contributed by atoms with E-state index >= 15 is 0 Å². The number of carboxylic acids is 1. The Bertz CT molecular complexity index is 831. The topological polar surface area (TPSA) is 75.6 Å². The first kappa shape index (κ1) is 21.9. The zero-order chi connectivity index (χ0) is 19.5. The number of hydrogen-bond acceptors (Lipinski definition) is 3. The maximum atomic E-state index is 12.2. The summed E-state index contributed by atoms with van der Waals surface area (Å²) in [5, 5.41) is 11.9. The smallest absolute Gasteiger partial charge is 0.407 e. The standard InChI is InChI=1S/C23H25NO4.Na/c25-22(26)16-11-9-15(10-12-16)13-24-23(27)28-14-21-19-7-3-1-5-17(19)18-6-2-4-8-20(18)21;/h1-8,15-16,21H,9-14H2,(H,24,27)(H,25,26);/t15-,16-;. The Balaban J connectivity index is 0.00000240. The number of ether oxygens (including phenoxy) is 1. The van der Waals surface area contributed by atoms with Crippen LogP contribution in [0.1, 0.15) is 42.7 Å². The van der Waals surface area contributed by atoms with Crippen molar-refractivity contribution >= 4 is 41.6 Å². The molecule has 2 aliphatic carbocycles. The van der Waals surface area contributed by atoms with Crippen LogP contribution < -0.4 is 5.32 Å². The molecule has 29 heavy (non-hydrogen) atoms. The Morgan fingerprint density at radius 1 is 0.931 bits per heavy atom. The van der Waals surface area contributed by atoms with Crippen molar-refractivity contribution in [1.29, 1.82) is 0 Å². The molecule has 0 bridgehead atoms. The number of hydrogen-bond donors (Lipinski definition) is 2. The maximum absolute atomic E-state index is 12.2. The van der Waals surface area contributed by atoms with Gasteiger partial charge in [-0.3, -0.25) is 4.79 Å². The number of fused-ring (bicyclic) bond motifs is 3. The van der Waals surface area contributed by atoms with E-state index in [1.807, 2.05) is 24.3 Å². The summed E-state index contributed by atoms with van der Waals surface area (Å²) in [6.45, 7) is 0.856. The van der Waals surface area contributed by atoms with Crippen LogP contribution in [-0.2, 0) is 9.53 Å². The average molecular weight is 402 g/mol. The van der Waals surface area contributed by atoms with E-state index in [0.717, 1.165) is 12.8 Å². The van der Waals surface area contributed by atoms with Crippen molar-refractivity contribution in [3.05, 3.63) is 59.7 Å². The molecular weight excluding hydrogens is 377 g/mol. The number of benzene rings is 2. The molecule has 0 spiro atoms. The summed E-state index contributed by atoms with van der Waals surface area (Å²) >= 11 is 0. The van der Waals surface area contributed by atoms with Crippen molar-refractivity contribution in [1.82, 2.24) is 5.32 Å². The Morgan fingerprint density at radius 3 is 2.03 bits per heavy atom. The minimum atomic E-state index is -0.706. The van der Waals surface area contributed by atoms with Gasteiger partial charge in [0, 0.05) is 42.0 Å². The Labute approximate surface area is 193 Å². The molecule has 0 unspecified atom stereocenters. The second-order valence-corrected chi connectivity index (χ2v) is 7.76. The number of nitrogens with one attached hydrogen (secondary N) is 1. The molecule has 2 aliphatic rings. The van der Waals surface area contributed by atoms with Gasteiger partial charge in [0.2, 0.25) is 0 Å². The van der Waals surface area contributed by atoms with Gasteiger partial charge >= 0.3 is 12.1 Å². The largest absolute Gasteiger partial charge is 0.481 e. The van der Waals surface area contributed by atoms with E-state index in [2.05, 4.69) is 29.6 Å². The summed E-state index contributed by atoms with van der Waals surface area (Å²) in [4.78, 5) is 23.2. The van der Waals surface area contributed by atoms with Gasteiger partial charge in [0.05, 0.1) is 5.92 Å². The van der Waals surface area contributed by atoms with E-state index in [9.17, 15) is 9.59 Å². The summed E-state index contributed by atoms with van der Waals surface area (Å²) in [5.74, 6) is -0.547. The molecule has 2 aromatic carbocycles. The third kappa shape index (κ3) is 4.85. The average Bonchev–Trinajstić information content (AvgIpc) is 3.05. The number of aliphatic carboxylic acids is 1. The van der Waals surface area contributed by atoms with Crippen LogP contribution in [0.15, 0.2) is 48.5 Å². The van der Waals surface area contributed by atoms with Crippen molar-refractivity contribution in [2.24, 2.45) is 11.8 Å². The Hall–Kier alpha value is -1.82. The Morgan fingerprint density at radius 2 is 1.48 bits per heavy atom. The molecular formula is C23H25NNaO4. The summed E-state index contributed by atoms with van der Waals surface area (Å²) in [5.41, 5.74) is 4.82. The number of alkyl carbamates (subject to hydrolysis) is 1. The van der Waals surface area contributed by atoms with Crippen LogP contribution in [-0.4, -0.2) is 59.9 Å². The Kier molecular flexibility index (Phi) is 7.38. The third-order valence-corrected chi connectivity index (χ3v) is 6.07. The fourth-order valence-corrected chi connectivity index (χ4v) is 4.49. The zero-order valence-corrected chi connectivity index (χ0v) is 18.8. The van der Waals surface area contributed by atoms with Crippen molar-refractivity contribution in [2.75, 3.05) is 13.2 Å². The van der Waals surface area contributed by atoms with Gasteiger partial charge in [0.15, 0.2) is 0 Å². The molecule has 147 valence electrons. The van der Waals surface area contributed by atoms with Gasteiger partial charge < -0.3 is 15.2 Å². The van der Waals surface area contributed by atoms with Crippen molar-refractivity contribution in [2.45, 2.75) is 31.6 Å². The van der Waals surface area contributed by atoms with E-state index in [4.69, 9.17) is 9.84 Å². The molecule has 0 aromatic heterocycles. The predicted molar refractivity (Wildman–Crippen MR) is 112 cm³/mol. The first-order chi connectivity index (χ1) is 13.6. The van der Waals surface area contributed by atoms with E-state index in [0.29, 0.717) is 31.9 Å². The van der Waals surface area contributed by atoms with Crippen molar-refractivity contribution in [3.8, 4) is 11.1 Å². The number of carbonyl (C=O) groups is 2. The van der Waals surface area contributed by atoms with Gasteiger partial charge in [0.1, 0.15) is 6.61 Å². The molecule has 4 rings (SSSR count). The van der Waals surface area contributed by atoms with Crippen molar-refractivity contribution < 1.29 is 19.4 Å². The molecule has 1 saturated carbocycles. The molecule has 0 aliphatic heterocycles. The second-order valence-electron chi connectivity index (χ2n) is 7.76. The number of carbonyl (C=O) groups excluding carboxylic acids is 1. The van der Waals surface area contributed by atoms with Crippen LogP contribution in [0.3, 0.4) is 0 Å². The molecule has 0 saturated heterocycles. The third-order valence-electron chi connectivity index (χ3n) is 6.07. The summed E-state index contributed by atoms with van der Waals surface area (Å²) in [6.07, 6.45) is 2.64. The summed E-state index contributed by atoms with van der Waals surface area (Å²) in [7, 11) is 0. The molecule has 6 heteroatoms. The number of rotatable bonds is 5. The van der Waals surface area contributed by atoms with Crippen LogP contribution in [0.4, 0.5) is 4.79 Å². The van der Waals surface area contributed by atoms with Gasteiger partial charge in [0.25, 0.3) is 0 Å². The second kappa shape index (κ2) is 9.79. The molecule has 0 atom stereocenters. The van der Waals surface area contributed by atoms with E-state index in [-0.39, 0.29) is 41.4 Å². The van der Waals surface area contributed by atoms with Crippen LogP contribution in [0.2, 0.25) is 0 Å². The minimum Gasteiger partial charge on any atom is -0.481 e. The summed E-state index contributed by atoms with van der Waals surface area (Å²) in [6, 6.07) is 16.5. The van der Waals surface area contributed by atoms with Crippen LogP contribution >= 0.6 is 0 Å². The first-order valence-electron chi connectivity index (χ1n) is 9.95. The molecule has 0 heterocycles. The quantitative estimate of drug-likeness (QED) is 0.741. The van der Waals surface area contributed by atoms with Crippen molar-refractivity contribution in [3.63, 3.8) is 0 Å². The van der Waals surface area contributed by atoms with Gasteiger partial charge in [-0.1, -0.05) is 48.5 Å². The van der Waals surface area contributed by atoms with E-state index < -0.39 is 12.1 Å². The van der Waals surface area contributed by atoms with Gasteiger partial charge in [-0.05, 0) is 53.9 Å². The van der Waals surface area contributed by atoms with Crippen LogP contribution in [0, 0.1) is 11.8 Å². The van der Waals surface area contributed by atoms with Crippen LogP contribution in [0.25, 0.3) is 11.1 Å². The van der Waals surface area contributed by atoms with Gasteiger partial charge in [-0.2, -0.15) is 0 Å². The molecule has 1 fully saturated rings. The number of amides is 1. The maximum Gasteiger partial charge on any atom is 0.407 e. The fourth-order valence-electron chi connectivity index (χ4n) is 4.49. The SMILES string of the molecule is O=C(NC[C@H]1CC[C@H](C(=O)O)CC1)OCC1c2ccccc2-c2ccccc21.[Na]. The number of carboxylic acid groups (broad SMARTS) is 1. The molecule has 1 amide bonds.